The summed E-state index contributed by atoms with van der Waals surface area (Å²) in [7, 11) is 0. The average Bonchev–Trinajstić information content (AvgIpc) is 2.93. The van der Waals surface area contributed by atoms with Crippen molar-refractivity contribution in [3.05, 3.63) is 41.6 Å². The lowest BCUT2D eigenvalue weighted by atomic mass is 10.1. The van der Waals surface area contributed by atoms with E-state index in [4.69, 9.17) is 0 Å². The lowest BCUT2D eigenvalue weighted by Crippen LogP contribution is -2.22. The Labute approximate surface area is 133 Å². The number of halogens is 2. The van der Waals surface area contributed by atoms with Crippen molar-refractivity contribution in [2.24, 2.45) is 0 Å². The van der Waals surface area contributed by atoms with Crippen LogP contribution in [0.5, 0.6) is 0 Å². The molecule has 0 aliphatic heterocycles. The molecule has 98 valence electrons. The SMILES string of the molecule is CCCNC(Cc1cc(Br)cs1)c1ccc(Br)s1. The fourth-order valence-electron chi connectivity index (χ4n) is 1.77. The molecule has 1 atom stereocenters. The summed E-state index contributed by atoms with van der Waals surface area (Å²) in [6, 6.07) is 6.98. The summed E-state index contributed by atoms with van der Waals surface area (Å²) < 4.78 is 2.39. The van der Waals surface area contributed by atoms with Crippen molar-refractivity contribution >= 4 is 54.5 Å². The number of rotatable bonds is 6. The number of nitrogens with one attached hydrogen (secondary N) is 1. The van der Waals surface area contributed by atoms with Crippen molar-refractivity contribution in [2.75, 3.05) is 6.54 Å². The molecule has 0 saturated heterocycles. The third kappa shape index (κ3) is 4.17. The van der Waals surface area contributed by atoms with Gasteiger partial charge in [0.15, 0.2) is 0 Å². The van der Waals surface area contributed by atoms with Crippen LogP contribution in [0.25, 0.3) is 0 Å². The first-order chi connectivity index (χ1) is 8.69. The fraction of sp³-hybridized carbons (Fsp3) is 0.385. The van der Waals surface area contributed by atoms with Crippen LogP contribution < -0.4 is 5.32 Å². The van der Waals surface area contributed by atoms with Crippen molar-refractivity contribution in [2.45, 2.75) is 25.8 Å². The van der Waals surface area contributed by atoms with Gasteiger partial charge in [-0.1, -0.05) is 6.92 Å². The predicted octanol–water partition coefficient (Wildman–Crippen LogP) is 5.62. The van der Waals surface area contributed by atoms with Gasteiger partial charge in [-0.2, -0.15) is 0 Å². The van der Waals surface area contributed by atoms with Gasteiger partial charge in [0, 0.05) is 32.1 Å². The summed E-state index contributed by atoms with van der Waals surface area (Å²) in [6.45, 7) is 3.27. The van der Waals surface area contributed by atoms with Crippen molar-refractivity contribution in [3.8, 4) is 0 Å². The molecule has 0 bridgehead atoms. The minimum absolute atomic E-state index is 0.423. The third-order valence-corrected chi connectivity index (χ3v) is 6.06. The van der Waals surface area contributed by atoms with E-state index in [2.05, 4.69) is 67.7 Å². The summed E-state index contributed by atoms with van der Waals surface area (Å²) in [5.41, 5.74) is 0. The number of hydrogen-bond acceptors (Lipinski definition) is 3. The topological polar surface area (TPSA) is 12.0 Å². The molecule has 1 N–H and O–H groups in total. The Bertz CT molecular complexity index is 493. The normalized spacial score (nSPS) is 12.8. The van der Waals surface area contributed by atoms with Gasteiger partial charge in [0.05, 0.1) is 3.79 Å². The Morgan fingerprint density at radius 3 is 2.72 bits per heavy atom. The zero-order valence-corrected chi connectivity index (χ0v) is 14.9. The van der Waals surface area contributed by atoms with Crippen molar-refractivity contribution in [3.63, 3.8) is 0 Å². The molecular formula is C13H15Br2NS2. The predicted molar refractivity (Wildman–Crippen MR) is 88.8 cm³/mol. The van der Waals surface area contributed by atoms with E-state index in [9.17, 15) is 0 Å². The van der Waals surface area contributed by atoms with E-state index in [1.54, 1.807) is 0 Å². The first-order valence-corrected chi connectivity index (χ1v) is 9.18. The van der Waals surface area contributed by atoms with Crippen LogP contribution in [0.1, 0.15) is 29.1 Å². The molecule has 0 aliphatic carbocycles. The molecular weight excluding hydrogens is 394 g/mol. The largest absolute Gasteiger partial charge is 0.309 e. The van der Waals surface area contributed by atoms with Crippen molar-refractivity contribution in [1.29, 1.82) is 0 Å². The van der Waals surface area contributed by atoms with E-state index >= 15 is 0 Å². The summed E-state index contributed by atoms with van der Waals surface area (Å²) in [4.78, 5) is 2.82. The second-order valence-corrected chi connectivity index (χ2v) is 8.49. The molecule has 2 heterocycles. The molecule has 18 heavy (non-hydrogen) atoms. The van der Waals surface area contributed by atoms with E-state index < -0.39 is 0 Å². The van der Waals surface area contributed by atoms with Gasteiger partial charge in [-0.3, -0.25) is 0 Å². The van der Waals surface area contributed by atoms with Gasteiger partial charge in [0.1, 0.15) is 0 Å². The van der Waals surface area contributed by atoms with E-state index in [0.717, 1.165) is 19.4 Å². The molecule has 0 spiro atoms. The Hall–Kier alpha value is 0.320. The molecule has 0 aliphatic rings. The molecule has 0 radical (unpaired) electrons. The number of hydrogen-bond donors (Lipinski definition) is 1. The second kappa shape index (κ2) is 7.20. The van der Waals surface area contributed by atoms with Crippen LogP contribution in [0.3, 0.4) is 0 Å². The molecule has 0 amide bonds. The first-order valence-electron chi connectivity index (χ1n) is 5.90. The van der Waals surface area contributed by atoms with Crippen LogP contribution in [-0.4, -0.2) is 6.54 Å². The maximum absolute atomic E-state index is 3.64. The molecule has 0 aromatic carbocycles. The van der Waals surface area contributed by atoms with Gasteiger partial charge in [0.25, 0.3) is 0 Å². The van der Waals surface area contributed by atoms with Gasteiger partial charge in [-0.25, -0.2) is 0 Å². The summed E-state index contributed by atoms with van der Waals surface area (Å²) in [5, 5.41) is 5.79. The van der Waals surface area contributed by atoms with Crippen LogP contribution in [0.4, 0.5) is 0 Å². The van der Waals surface area contributed by atoms with Crippen LogP contribution >= 0.6 is 54.5 Å². The molecule has 2 aromatic rings. The van der Waals surface area contributed by atoms with Crippen LogP contribution in [0.2, 0.25) is 0 Å². The maximum atomic E-state index is 3.64. The van der Waals surface area contributed by atoms with Crippen LogP contribution in [0.15, 0.2) is 31.8 Å². The molecule has 0 saturated carbocycles. The monoisotopic (exact) mass is 407 g/mol. The van der Waals surface area contributed by atoms with E-state index in [-0.39, 0.29) is 0 Å². The molecule has 0 fully saturated rings. The standard InChI is InChI=1S/C13H15Br2NS2/c1-2-5-16-11(12-3-4-13(15)18-12)7-10-6-9(14)8-17-10/h3-4,6,8,11,16H,2,5,7H2,1H3. The van der Waals surface area contributed by atoms with Crippen molar-refractivity contribution < 1.29 is 0 Å². The number of thiophene rings is 2. The minimum atomic E-state index is 0.423. The second-order valence-electron chi connectivity index (χ2n) is 4.08. The van der Waals surface area contributed by atoms with Crippen molar-refractivity contribution in [1.82, 2.24) is 5.32 Å². The Morgan fingerprint density at radius 1 is 1.33 bits per heavy atom. The smallest absolute Gasteiger partial charge is 0.0701 e. The maximum Gasteiger partial charge on any atom is 0.0701 e. The molecule has 5 heteroatoms. The zero-order valence-electron chi connectivity index (χ0n) is 10.1. The molecule has 1 nitrogen and oxygen atoms in total. The van der Waals surface area contributed by atoms with Gasteiger partial charge in [0.2, 0.25) is 0 Å². The average molecular weight is 409 g/mol. The summed E-state index contributed by atoms with van der Waals surface area (Å²) >= 11 is 10.7. The zero-order chi connectivity index (χ0) is 13.0. The van der Waals surface area contributed by atoms with E-state index in [0.29, 0.717) is 6.04 Å². The van der Waals surface area contributed by atoms with Gasteiger partial charge in [-0.05, 0) is 63.0 Å². The Balaban J connectivity index is 2.09. The minimum Gasteiger partial charge on any atom is -0.309 e. The highest BCUT2D eigenvalue weighted by atomic mass is 79.9. The highest BCUT2D eigenvalue weighted by Gasteiger charge is 2.14. The van der Waals surface area contributed by atoms with Gasteiger partial charge in [-0.15, -0.1) is 22.7 Å². The Morgan fingerprint density at radius 2 is 2.17 bits per heavy atom. The van der Waals surface area contributed by atoms with Gasteiger partial charge >= 0.3 is 0 Å². The van der Waals surface area contributed by atoms with E-state index in [1.807, 2.05) is 22.7 Å². The summed E-state index contributed by atoms with van der Waals surface area (Å²) in [6.07, 6.45) is 2.22. The first kappa shape index (κ1) is 14.7. The third-order valence-electron chi connectivity index (χ3n) is 2.61. The quantitative estimate of drug-likeness (QED) is 0.654. The molecule has 2 aromatic heterocycles. The van der Waals surface area contributed by atoms with Crippen LogP contribution in [0, 0.1) is 0 Å². The highest BCUT2D eigenvalue weighted by Crippen LogP contribution is 2.31. The van der Waals surface area contributed by atoms with Gasteiger partial charge < -0.3 is 5.32 Å². The fourth-order valence-corrected chi connectivity index (χ4v) is 4.77. The lowest BCUT2D eigenvalue weighted by molar-refractivity contribution is 0.539. The summed E-state index contributed by atoms with van der Waals surface area (Å²) in [5.74, 6) is 0. The van der Waals surface area contributed by atoms with Crippen LogP contribution in [-0.2, 0) is 6.42 Å². The molecule has 2 rings (SSSR count). The van der Waals surface area contributed by atoms with E-state index in [1.165, 1.54) is 18.0 Å². The lowest BCUT2D eigenvalue weighted by Gasteiger charge is -2.16. The highest BCUT2D eigenvalue weighted by molar-refractivity contribution is 9.11. The molecule has 1 unspecified atom stereocenters. The Kier molecular flexibility index (Phi) is 5.89.